The van der Waals surface area contributed by atoms with Gasteiger partial charge in [0, 0.05) is 18.3 Å². The highest BCUT2D eigenvalue weighted by Crippen LogP contribution is 2.10. The third kappa shape index (κ3) is 6.99. The van der Waals surface area contributed by atoms with Crippen LogP contribution in [0.3, 0.4) is 0 Å². The molecule has 1 atom stereocenters. The monoisotopic (exact) mass is 357 g/mol. The van der Waals surface area contributed by atoms with Crippen LogP contribution in [0.1, 0.15) is 17.2 Å². The number of benzene rings is 2. The van der Waals surface area contributed by atoms with E-state index in [0.29, 0.717) is 6.54 Å². The molecule has 0 saturated carbocycles. The molecular weight excluding hydrogens is 334 g/mol. The van der Waals surface area contributed by atoms with Gasteiger partial charge in [-0.3, -0.25) is 9.59 Å². The zero-order valence-corrected chi connectivity index (χ0v) is 15.0. The largest absolute Gasteiger partial charge is 0.353 e. The van der Waals surface area contributed by atoms with Crippen LogP contribution >= 0.6 is 11.8 Å². The smallest absolute Gasteiger partial charge is 0.234 e. The Morgan fingerprint density at radius 3 is 2.32 bits per heavy atom. The van der Waals surface area contributed by atoms with E-state index in [1.165, 1.54) is 11.8 Å². The lowest BCUT2D eigenvalue weighted by Crippen LogP contribution is -2.33. The van der Waals surface area contributed by atoms with Gasteiger partial charge in [-0.15, -0.1) is 11.8 Å². The lowest BCUT2D eigenvalue weighted by atomic mass is 10.1. The summed E-state index contributed by atoms with van der Waals surface area (Å²) in [6, 6.07) is 17.0. The number of rotatable bonds is 8. The van der Waals surface area contributed by atoms with E-state index >= 15 is 0 Å². The predicted molar refractivity (Wildman–Crippen MR) is 104 cm³/mol. The average Bonchev–Trinajstić information content (AvgIpc) is 2.62. The molecule has 5 nitrogen and oxygen atoms in total. The first-order chi connectivity index (χ1) is 12.0. The van der Waals surface area contributed by atoms with Crippen LogP contribution in [0.25, 0.3) is 0 Å². The second kappa shape index (κ2) is 9.86. The van der Waals surface area contributed by atoms with E-state index in [2.05, 4.69) is 10.6 Å². The summed E-state index contributed by atoms with van der Waals surface area (Å²) in [4.78, 5) is 23.7. The summed E-state index contributed by atoms with van der Waals surface area (Å²) in [5.41, 5.74) is 8.91. The van der Waals surface area contributed by atoms with Crippen molar-refractivity contribution in [2.75, 3.05) is 23.4 Å². The summed E-state index contributed by atoms with van der Waals surface area (Å²) < 4.78 is 0. The summed E-state index contributed by atoms with van der Waals surface area (Å²) in [6.07, 6.45) is 0. The Kier molecular flexibility index (Phi) is 7.50. The van der Waals surface area contributed by atoms with Crippen LogP contribution in [-0.4, -0.2) is 29.9 Å². The fourth-order valence-corrected chi connectivity index (χ4v) is 2.81. The van der Waals surface area contributed by atoms with Gasteiger partial charge in [0.15, 0.2) is 0 Å². The number of nitrogens with two attached hydrogens (primary N) is 1. The van der Waals surface area contributed by atoms with Crippen LogP contribution in [0, 0.1) is 6.92 Å². The quantitative estimate of drug-likeness (QED) is 0.678. The molecule has 2 amide bonds. The summed E-state index contributed by atoms with van der Waals surface area (Å²) in [5, 5.41) is 5.60. The standard InChI is InChI=1S/C19H23N3O2S/c1-14-7-9-16(10-8-14)22-19(24)13-25-12-18(23)21-11-17(20)15-5-3-2-4-6-15/h2-10,17H,11-13,20H2,1H3,(H,21,23)(H,22,24). The van der Waals surface area contributed by atoms with Crippen LogP contribution < -0.4 is 16.4 Å². The van der Waals surface area contributed by atoms with Gasteiger partial charge in [-0.1, -0.05) is 48.0 Å². The van der Waals surface area contributed by atoms with Crippen molar-refractivity contribution in [3.05, 3.63) is 65.7 Å². The second-order valence-electron chi connectivity index (χ2n) is 5.73. The van der Waals surface area contributed by atoms with Crippen LogP contribution in [0.15, 0.2) is 54.6 Å². The maximum atomic E-state index is 11.8. The van der Waals surface area contributed by atoms with E-state index in [1.807, 2.05) is 61.5 Å². The van der Waals surface area contributed by atoms with Crippen molar-refractivity contribution in [1.82, 2.24) is 5.32 Å². The van der Waals surface area contributed by atoms with Crippen LogP contribution in [0.2, 0.25) is 0 Å². The predicted octanol–water partition coefficient (Wildman–Crippen LogP) is 2.48. The maximum absolute atomic E-state index is 11.8. The Morgan fingerprint density at radius 2 is 1.64 bits per heavy atom. The van der Waals surface area contributed by atoms with E-state index in [4.69, 9.17) is 5.73 Å². The Bertz CT molecular complexity index is 690. The van der Waals surface area contributed by atoms with E-state index in [9.17, 15) is 9.59 Å². The van der Waals surface area contributed by atoms with Crippen LogP contribution in [0.4, 0.5) is 5.69 Å². The molecule has 6 heteroatoms. The number of anilines is 1. The molecule has 132 valence electrons. The van der Waals surface area contributed by atoms with E-state index in [-0.39, 0.29) is 29.4 Å². The van der Waals surface area contributed by atoms with Crippen LogP contribution in [-0.2, 0) is 9.59 Å². The van der Waals surface area contributed by atoms with Crippen molar-refractivity contribution in [3.63, 3.8) is 0 Å². The molecule has 0 saturated heterocycles. The summed E-state index contributed by atoms with van der Waals surface area (Å²) in [6.45, 7) is 2.36. The lowest BCUT2D eigenvalue weighted by Gasteiger charge is -2.13. The SMILES string of the molecule is Cc1ccc(NC(=O)CSCC(=O)NCC(N)c2ccccc2)cc1. The molecule has 4 N–H and O–H groups in total. The summed E-state index contributed by atoms with van der Waals surface area (Å²) in [5.74, 6) is 0.205. The second-order valence-corrected chi connectivity index (χ2v) is 6.71. The minimum Gasteiger partial charge on any atom is -0.353 e. The van der Waals surface area contributed by atoms with Gasteiger partial charge < -0.3 is 16.4 Å². The summed E-state index contributed by atoms with van der Waals surface area (Å²) >= 11 is 1.27. The van der Waals surface area contributed by atoms with Crippen LogP contribution in [0.5, 0.6) is 0 Å². The molecule has 0 bridgehead atoms. The number of aryl methyl sites for hydroxylation is 1. The molecule has 0 heterocycles. The molecule has 25 heavy (non-hydrogen) atoms. The van der Waals surface area contributed by atoms with Gasteiger partial charge in [-0.05, 0) is 24.6 Å². The first-order valence-corrected chi connectivity index (χ1v) is 9.21. The van der Waals surface area contributed by atoms with Crippen molar-refractivity contribution in [2.24, 2.45) is 5.73 Å². The molecule has 0 aliphatic carbocycles. The molecule has 0 radical (unpaired) electrons. The first-order valence-electron chi connectivity index (χ1n) is 8.06. The van der Waals surface area contributed by atoms with Crippen molar-refractivity contribution in [1.29, 1.82) is 0 Å². The van der Waals surface area contributed by atoms with Gasteiger partial charge in [0.1, 0.15) is 0 Å². The molecule has 0 aliphatic heterocycles. The van der Waals surface area contributed by atoms with E-state index < -0.39 is 0 Å². The van der Waals surface area contributed by atoms with Gasteiger partial charge >= 0.3 is 0 Å². The molecular formula is C19H23N3O2S. The molecule has 1 unspecified atom stereocenters. The van der Waals surface area contributed by atoms with Crippen molar-refractivity contribution in [2.45, 2.75) is 13.0 Å². The van der Waals surface area contributed by atoms with Crippen molar-refractivity contribution >= 4 is 29.3 Å². The number of amides is 2. The minimum atomic E-state index is -0.236. The fraction of sp³-hybridized carbons (Fsp3) is 0.263. The highest BCUT2D eigenvalue weighted by Gasteiger charge is 2.09. The number of hydrogen-bond acceptors (Lipinski definition) is 4. The Morgan fingerprint density at radius 1 is 1.00 bits per heavy atom. The fourth-order valence-electron chi connectivity index (χ4n) is 2.16. The Hall–Kier alpha value is -2.31. The highest BCUT2D eigenvalue weighted by atomic mass is 32.2. The first kappa shape index (κ1) is 19.0. The summed E-state index contributed by atoms with van der Waals surface area (Å²) in [7, 11) is 0. The van der Waals surface area contributed by atoms with Crippen molar-refractivity contribution < 1.29 is 9.59 Å². The zero-order valence-electron chi connectivity index (χ0n) is 14.2. The van der Waals surface area contributed by atoms with E-state index in [0.717, 1.165) is 16.8 Å². The normalized spacial score (nSPS) is 11.6. The van der Waals surface area contributed by atoms with Gasteiger partial charge in [0.25, 0.3) is 0 Å². The molecule has 0 fully saturated rings. The lowest BCUT2D eigenvalue weighted by molar-refractivity contribution is -0.118. The Labute approximate surface area is 152 Å². The molecule has 0 aliphatic rings. The Balaban J connectivity index is 1.63. The van der Waals surface area contributed by atoms with Gasteiger partial charge in [-0.25, -0.2) is 0 Å². The number of hydrogen-bond donors (Lipinski definition) is 3. The molecule has 2 aromatic carbocycles. The maximum Gasteiger partial charge on any atom is 0.234 e. The molecule has 2 aromatic rings. The number of carbonyl (C=O) groups is 2. The molecule has 2 rings (SSSR count). The number of carbonyl (C=O) groups excluding carboxylic acids is 2. The molecule has 0 spiro atoms. The van der Waals surface area contributed by atoms with Gasteiger partial charge in [0.2, 0.25) is 11.8 Å². The molecule has 0 aromatic heterocycles. The van der Waals surface area contributed by atoms with Gasteiger partial charge in [0.05, 0.1) is 11.5 Å². The number of thioether (sulfide) groups is 1. The highest BCUT2D eigenvalue weighted by molar-refractivity contribution is 8.00. The topological polar surface area (TPSA) is 84.2 Å². The average molecular weight is 357 g/mol. The number of nitrogens with one attached hydrogen (secondary N) is 2. The third-order valence-corrected chi connectivity index (χ3v) is 4.48. The third-order valence-electron chi connectivity index (χ3n) is 3.55. The minimum absolute atomic E-state index is 0.123. The van der Waals surface area contributed by atoms with E-state index in [1.54, 1.807) is 0 Å². The van der Waals surface area contributed by atoms with Crippen molar-refractivity contribution in [3.8, 4) is 0 Å². The zero-order chi connectivity index (χ0) is 18.1. The van der Waals surface area contributed by atoms with Gasteiger partial charge in [-0.2, -0.15) is 0 Å².